The molecule has 1 heterocycles. The number of esters is 1. The van der Waals surface area contributed by atoms with E-state index < -0.39 is 20.6 Å². The normalized spacial score (nSPS) is 28.3. The van der Waals surface area contributed by atoms with Crippen molar-refractivity contribution in [2.45, 2.75) is 76.1 Å². The van der Waals surface area contributed by atoms with E-state index in [2.05, 4.69) is 6.92 Å². The summed E-state index contributed by atoms with van der Waals surface area (Å²) in [5.41, 5.74) is 0.136. The van der Waals surface area contributed by atoms with Gasteiger partial charge in [0.25, 0.3) is 0 Å². The molecule has 0 radical (unpaired) electrons. The van der Waals surface area contributed by atoms with Crippen molar-refractivity contribution in [2.24, 2.45) is 11.8 Å². The van der Waals surface area contributed by atoms with Gasteiger partial charge in [-0.25, -0.2) is 9.18 Å². The maximum absolute atomic E-state index is 13.7. The molecule has 1 aliphatic heterocycles. The summed E-state index contributed by atoms with van der Waals surface area (Å²) in [6.45, 7) is 2.31. The Kier molecular flexibility index (Phi) is 7.06. The van der Waals surface area contributed by atoms with E-state index in [0.717, 1.165) is 43.6 Å². The van der Waals surface area contributed by atoms with Crippen LogP contribution in [0.15, 0.2) is 18.2 Å². The Balaban J connectivity index is 1.45. The average molecular weight is 388 g/mol. The first kappa shape index (κ1) is 20.1. The van der Waals surface area contributed by atoms with E-state index in [0.29, 0.717) is 0 Å². The van der Waals surface area contributed by atoms with E-state index in [1.807, 2.05) is 0 Å². The van der Waals surface area contributed by atoms with Crippen LogP contribution in [0.1, 0.15) is 67.8 Å². The fourth-order valence-electron chi connectivity index (χ4n) is 4.99. The van der Waals surface area contributed by atoms with Crippen LogP contribution in [0.3, 0.4) is 0 Å². The van der Waals surface area contributed by atoms with Crippen LogP contribution in [-0.2, 0) is 4.74 Å². The highest BCUT2D eigenvalue weighted by Gasteiger charge is 2.32. The van der Waals surface area contributed by atoms with Crippen LogP contribution in [0.4, 0.5) is 4.39 Å². The number of rotatable bonds is 5. The topological polar surface area (TPSA) is 50.1 Å². The van der Waals surface area contributed by atoms with Crippen LogP contribution in [0.5, 0.6) is 0 Å². The third-order valence-electron chi connectivity index (χ3n) is 6.57. The quantitative estimate of drug-likeness (QED) is 0.498. The molecule has 1 aliphatic carbocycles. The number of carbonyl (C=O) groups is 1. The summed E-state index contributed by atoms with van der Waals surface area (Å²) in [5, 5.41) is 8.78. The first-order chi connectivity index (χ1) is 13.1. The molecular weight excluding hydrogens is 357 g/mol. The first-order valence-electron chi connectivity index (χ1n) is 10.5. The van der Waals surface area contributed by atoms with Crippen LogP contribution >= 0.6 is 0 Å². The molecule has 146 valence electrons. The van der Waals surface area contributed by atoms with Gasteiger partial charge in [0, 0.05) is 8.80 Å². The van der Waals surface area contributed by atoms with Gasteiger partial charge in [0.1, 0.15) is 18.0 Å². The summed E-state index contributed by atoms with van der Waals surface area (Å²) in [4.78, 5) is 12.3. The van der Waals surface area contributed by atoms with Gasteiger partial charge in [0.05, 0.1) is 11.1 Å². The summed E-state index contributed by atoms with van der Waals surface area (Å²) in [6, 6.07) is 10.2. The molecule has 1 saturated heterocycles. The summed E-state index contributed by atoms with van der Waals surface area (Å²) in [6.07, 6.45) is 8.28. The number of benzene rings is 1. The number of hydrogen-bond acceptors (Lipinski definition) is 3. The summed E-state index contributed by atoms with van der Waals surface area (Å²) < 4.78 is 19.3. The van der Waals surface area contributed by atoms with Crippen molar-refractivity contribution in [2.75, 3.05) is 0 Å². The van der Waals surface area contributed by atoms with Crippen molar-refractivity contribution in [1.29, 1.82) is 5.26 Å². The Bertz CT molecular complexity index is 686. The summed E-state index contributed by atoms with van der Waals surface area (Å²) in [5.74, 6) is 0.532. The Hall–Kier alpha value is -1.67. The predicted molar refractivity (Wildman–Crippen MR) is 107 cm³/mol. The van der Waals surface area contributed by atoms with Crippen LogP contribution in [0.25, 0.3) is 0 Å². The zero-order chi connectivity index (χ0) is 19.2. The van der Waals surface area contributed by atoms with Gasteiger partial charge in [-0.15, -0.1) is 0 Å². The lowest BCUT2D eigenvalue weighted by molar-refractivity contribution is 0.0126. The average Bonchev–Trinajstić information content (AvgIpc) is 2.69. The van der Waals surface area contributed by atoms with Gasteiger partial charge >= 0.3 is 5.97 Å². The molecular formula is C22H30FNO2Si. The fraction of sp³-hybridized carbons (Fsp3) is 0.636. The van der Waals surface area contributed by atoms with Gasteiger partial charge in [-0.2, -0.15) is 5.26 Å². The number of nitriles is 1. The van der Waals surface area contributed by atoms with E-state index in [-0.39, 0.29) is 17.2 Å². The first-order valence-corrected chi connectivity index (χ1v) is 13.0. The van der Waals surface area contributed by atoms with Crippen molar-refractivity contribution in [3.8, 4) is 6.07 Å². The predicted octanol–water partition coefficient (Wildman–Crippen LogP) is 5.46. The molecule has 0 aromatic heterocycles. The zero-order valence-electron chi connectivity index (χ0n) is 16.3. The number of carbonyl (C=O) groups excluding carboxylic acids is 1. The highest BCUT2D eigenvalue weighted by molar-refractivity contribution is 6.58. The molecule has 2 fully saturated rings. The Morgan fingerprint density at radius 3 is 2.44 bits per heavy atom. The van der Waals surface area contributed by atoms with E-state index in [1.54, 1.807) is 6.07 Å². The van der Waals surface area contributed by atoms with Crippen molar-refractivity contribution in [3.63, 3.8) is 0 Å². The molecule has 5 heteroatoms. The third kappa shape index (κ3) is 5.19. The lowest BCUT2D eigenvalue weighted by Gasteiger charge is -2.37. The van der Waals surface area contributed by atoms with Gasteiger partial charge in [-0.1, -0.05) is 44.3 Å². The molecule has 1 aromatic carbocycles. The van der Waals surface area contributed by atoms with Crippen LogP contribution in [0.2, 0.25) is 18.1 Å². The standard InChI is InChI=1S/C22H30FNO2Si/c1-2-11-27-12-9-17(10-13-27)16-5-7-20(8-6-16)26-22(25)18-3-4-19(15-24)21(23)14-18/h3-4,14,16-17,20,27H,2,5-13H2,1H3/t16-,17?,20-,27?. The van der Waals surface area contributed by atoms with Gasteiger partial charge in [0.2, 0.25) is 0 Å². The third-order valence-corrected chi connectivity index (χ3v) is 10.3. The summed E-state index contributed by atoms with van der Waals surface area (Å²) in [7, 11) is -0.416. The highest BCUT2D eigenvalue weighted by atomic mass is 28.3. The molecule has 0 amide bonds. The monoisotopic (exact) mass is 387 g/mol. The lowest BCUT2D eigenvalue weighted by Crippen LogP contribution is -2.31. The van der Waals surface area contributed by atoms with E-state index in [4.69, 9.17) is 10.00 Å². The number of hydrogen-bond donors (Lipinski definition) is 0. The van der Waals surface area contributed by atoms with E-state index >= 15 is 0 Å². The molecule has 3 nitrogen and oxygen atoms in total. The number of nitrogens with zero attached hydrogens (tertiary/aromatic N) is 1. The molecule has 2 aliphatic rings. The van der Waals surface area contributed by atoms with Crippen molar-refractivity contribution in [3.05, 3.63) is 35.1 Å². The minimum Gasteiger partial charge on any atom is -0.459 e. The molecule has 0 N–H and O–H groups in total. The van der Waals surface area contributed by atoms with Gasteiger partial charge < -0.3 is 4.74 Å². The van der Waals surface area contributed by atoms with Gasteiger partial charge in [0.15, 0.2) is 0 Å². The maximum atomic E-state index is 13.7. The molecule has 1 aromatic rings. The second-order valence-electron chi connectivity index (χ2n) is 8.32. The number of halogens is 1. The largest absolute Gasteiger partial charge is 0.459 e. The Labute approximate surface area is 163 Å². The highest BCUT2D eigenvalue weighted by Crippen LogP contribution is 2.40. The second-order valence-corrected chi connectivity index (χ2v) is 11.8. The van der Waals surface area contributed by atoms with Gasteiger partial charge in [-0.3, -0.25) is 0 Å². The van der Waals surface area contributed by atoms with Crippen LogP contribution < -0.4 is 0 Å². The van der Waals surface area contributed by atoms with Crippen molar-refractivity contribution < 1.29 is 13.9 Å². The molecule has 0 spiro atoms. The smallest absolute Gasteiger partial charge is 0.338 e. The Morgan fingerprint density at radius 2 is 1.85 bits per heavy atom. The van der Waals surface area contributed by atoms with Crippen molar-refractivity contribution in [1.82, 2.24) is 0 Å². The summed E-state index contributed by atoms with van der Waals surface area (Å²) >= 11 is 0. The second kappa shape index (κ2) is 9.50. The molecule has 0 unspecified atom stereocenters. The van der Waals surface area contributed by atoms with Gasteiger partial charge in [-0.05, 0) is 55.7 Å². The molecule has 3 rings (SSSR count). The fourth-order valence-corrected chi connectivity index (χ4v) is 8.47. The Morgan fingerprint density at radius 1 is 1.19 bits per heavy atom. The van der Waals surface area contributed by atoms with Crippen LogP contribution in [0, 0.1) is 29.0 Å². The number of ether oxygens (including phenoxy) is 1. The maximum Gasteiger partial charge on any atom is 0.338 e. The van der Waals surface area contributed by atoms with Crippen LogP contribution in [-0.4, -0.2) is 20.9 Å². The van der Waals surface area contributed by atoms with E-state index in [1.165, 1.54) is 49.5 Å². The minimum absolute atomic E-state index is 0.0521. The molecule has 27 heavy (non-hydrogen) atoms. The zero-order valence-corrected chi connectivity index (χ0v) is 17.4. The molecule has 1 saturated carbocycles. The SMILES string of the molecule is CCC[SiH]1CCC([C@H]2CC[C@H](OC(=O)c3ccc(C#N)c(F)c3)CC2)CC1. The van der Waals surface area contributed by atoms with Crippen molar-refractivity contribution >= 4 is 14.8 Å². The molecule has 0 bridgehead atoms. The molecule has 0 atom stereocenters. The lowest BCUT2D eigenvalue weighted by atomic mass is 9.76. The minimum atomic E-state index is -0.669. The van der Waals surface area contributed by atoms with E-state index in [9.17, 15) is 9.18 Å².